The smallest absolute Gasteiger partial charge is 0.339 e. The zero-order chi connectivity index (χ0) is 27.1. The van der Waals surface area contributed by atoms with Gasteiger partial charge in [0.25, 0.3) is 5.91 Å². The molecule has 202 valence electrons. The first-order valence-electron chi connectivity index (χ1n) is 12.8. The first kappa shape index (κ1) is 32.0. The number of amides is 1. The molecule has 0 saturated carbocycles. The Balaban J connectivity index is 2.15. The number of ether oxygens (including phenoxy) is 1. The van der Waals surface area contributed by atoms with Gasteiger partial charge in [-0.05, 0) is 75.3 Å². The number of anilines is 1. The van der Waals surface area contributed by atoms with Crippen LogP contribution in [0.1, 0.15) is 68.6 Å². The van der Waals surface area contributed by atoms with Crippen LogP contribution in [0.2, 0.25) is 0 Å². The van der Waals surface area contributed by atoms with E-state index in [4.69, 9.17) is 9.84 Å². The molecule has 37 heavy (non-hydrogen) atoms. The van der Waals surface area contributed by atoms with Crippen LogP contribution in [0, 0.1) is 0 Å². The van der Waals surface area contributed by atoms with Gasteiger partial charge in [0.2, 0.25) is 0 Å². The van der Waals surface area contributed by atoms with Crippen molar-refractivity contribution in [1.82, 2.24) is 0 Å². The van der Waals surface area contributed by atoms with Crippen molar-refractivity contribution in [2.75, 3.05) is 18.2 Å². The van der Waals surface area contributed by atoms with E-state index in [-0.39, 0.29) is 17.2 Å². The number of benzene rings is 1. The third kappa shape index (κ3) is 15.6. The molecule has 1 rings (SSSR count). The number of carbonyl (C=O) groups is 2. The predicted octanol–water partition coefficient (Wildman–Crippen LogP) is 7.66. The third-order valence-corrected chi connectivity index (χ3v) is 6.35. The minimum absolute atomic E-state index is 0.269. The Labute approximate surface area is 225 Å². The molecule has 0 aliphatic heterocycles. The number of carboxylic acids is 1. The summed E-state index contributed by atoms with van der Waals surface area (Å²) in [4.78, 5) is 23.6. The van der Waals surface area contributed by atoms with Crippen LogP contribution in [0.5, 0.6) is 5.75 Å². The van der Waals surface area contributed by atoms with E-state index in [9.17, 15) is 14.7 Å². The number of allylic oxidation sites excluding steroid dienone is 10. The van der Waals surface area contributed by atoms with Gasteiger partial charge in [-0.15, -0.1) is 11.8 Å². The molecule has 0 bridgehead atoms. The number of aromatic carboxylic acids is 1. The van der Waals surface area contributed by atoms with E-state index in [1.807, 2.05) is 0 Å². The Morgan fingerprint density at radius 2 is 1.49 bits per heavy atom. The van der Waals surface area contributed by atoms with Gasteiger partial charge in [-0.25, -0.2) is 4.79 Å². The van der Waals surface area contributed by atoms with Gasteiger partial charge in [0.1, 0.15) is 11.3 Å². The number of rotatable bonds is 19. The van der Waals surface area contributed by atoms with Crippen molar-refractivity contribution >= 4 is 29.3 Å². The van der Waals surface area contributed by atoms with E-state index in [2.05, 4.69) is 73.0 Å². The summed E-state index contributed by atoms with van der Waals surface area (Å²) in [6.07, 6.45) is 29.8. The number of hydrogen-bond acceptors (Lipinski definition) is 5. The lowest BCUT2D eigenvalue weighted by Crippen LogP contribution is -2.27. The maximum absolute atomic E-state index is 12.4. The van der Waals surface area contributed by atoms with Crippen molar-refractivity contribution in [3.05, 3.63) is 84.5 Å². The highest BCUT2D eigenvalue weighted by Gasteiger charge is 2.19. The summed E-state index contributed by atoms with van der Waals surface area (Å²) in [5.41, 5.74) is -0.675. The van der Waals surface area contributed by atoms with Gasteiger partial charge in [0.05, 0.1) is 0 Å². The zero-order valence-electron chi connectivity index (χ0n) is 22.0. The van der Waals surface area contributed by atoms with Crippen molar-refractivity contribution in [3.8, 4) is 5.75 Å². The Bertz CT molecular complexity index is 949. The summed E-state index contributed by atoms with van der Waals surface area (Å²) >= 11 is 1.40. The molecule has 0 radical (unpaired) electrons. The molecule has 0 aliphatic carbocycles. The maximum Gasteiger partial charge on any atom is 0.339 e. The van der Waals surface area contributed by atoms with Gasteiger partial charge >= 0.3 is 5.97 Å². The highest BCUT2D eigenvalue weighted by molar-refractivity contribution is 8.00. The van der Waals surface area contributed by atoms with Gasteiger partial charge in [0, 0.05) is 12.8 Å². The largest absolute Gasteiger partial charge is 0.507 e. The predicted molar refractivity (Wildman–Crippen MR) is 155 cm³/mol. The molecule has 1 atom stereocenters. The van der Waals surface area contributed by atoms with Gasteiger partial charge in [-0.3, -0.25) is 4.79 Å². The van der Waals surface area contributed by atoms with E-state index in [0.717, 1.165) is 57.1 Å². The number of thioether (sulfide) groups is 1. The molecular weight excluding hydrogens is 486 g/mol. The van der Waals surface area contributed by atoms with E-state index in [0.29, 0.717) is 5.69 Å². The molecule has 1 aromatic rings. The molecule has 0 fully saturated rings. The summed E-state index contributed by atoms with van der Waals surface area (Å²) < 4.78 is 5.28. The second-order valence-electron chi connectivity index (χ2n) is 8.17. The standard InChI is InChI=1S/C30H41NO5S/c1-3-4-5-6-7-8-9-10-11-12-13-14-15-16-17-18-19-20-23-37-30(36-2)28(33)31-25-21-22-27(32)26(24-25)29(34)35/h4-5,7-8,10-11,13-14,16-17,21-22,24,30,32H,3,6,9,12,15,18-20,23H2,1-2H3,(H,31,33)(H,34,35)/b5-4-,8-7-,11-10-,14-13-,17-16-. The molecule has 0 aromatic heterocycles. The second kappa shape index (κ2) is 21.1. The van der Waals surface area contributed by atoms with Gasteiger partial charge in [-0.2, -0.15) is 0 Å². The molecular formula is C30H41NO5S. The molecule has 0 spiro atoms. The lowest BCUT2D eigenvalue weighted by molar-refractivity contribution is -0.121. The molecule has 3 N–H and O–H groups in total. The number of hydrogen-bond donors (Lipinski definition) is 3. The number of methoxy groups -OCH3 is 1. The Morgan fingerprint density at radius 3 is 2.03 bits per heavy atom. The SMILES string of the molecule is CC/C=C\C/C=C\C/C=C\C/C=C\C/C=C\CCCCSC(OC)C(=O)Nc1ccc(O)c(C(=O)O)c1. The van der Waals surface area contributed by atoms with Crippen LogP contribution < -0.4 is 5.32 Å². The molecule has 6 nitrogen and oxygen atoms in total. The number of unbranched alkanes of at least 4 members (excludes halogenated alkanes) is 2. The number of carbonyl (C=O) groups excluding carboxylic acids is 1. The summed E-state index contributed by atoms with van der Waals surface area (Å²) in [7, 11) is 1.47. The molecule has 1 aromatic carbocycles. The zero-order valence-corrected chi connectivity index (χ0v) is 22.8. The van der Waals surface area contributed by atoms with Crippen molar-refractivity contribution in [1.29, 1.82) is 0 Å². The Morgan fingerprint density at radius 1 is 0.919 bits per heavy atom. The monoisotopic (exact) mass is 527 g/mol. The average molecular weight is 528 g/mol. The molecule has 7 heteroatoms. The van der Waals surface area contributed by atoms with Crippen LogP contribution in [-0.2, 0) is 9.53 Å². The molecule has 0 saturated heterocycles. The number of carboxylic acid groups (broad SMARTS) is 1. The summed E-state index contributed by atoms with van der Waals surface area (Å²) in [6, 6.07) is 3.91. The highest BCUT2D eigenvalue weighted by Crippen LogP contribution is 2.23. The number of nitrogens with one attached hydrogen (secondary N) is 1. The molecule has 0 heterocycles. The van der Waals surface area contributed by atoms with E-state index in [1.165, 1.54) is 37.1 Å². The molecule has 1 amide bonds. The van der Waals surface area contributed by atoms with Crippen LogP contribution in [0.15, 0.2) is 79.0 Å². The van der Waals surface area contributed by atoms with Crippen molar-refractivity contribution in [2.24, 2.45) is 0 Å². The van der Waals surface area contributed by atoms with Crippen molar-refractivity contribution in [3.63, 3.8) is 0 Å². The minimum Gasteiger partial charge on any atom is -0.507 e. The van der Waals surface area contributed by atoms with E-state index >= 15 is 0 Å². The van der Waals surface area contributed by atoms with Gasteiger partial charge < -0.3 is 20.3 Å². The molecule has 0 aliphatic rings. The van der Waals surface area contributed by atoms with Crippen LogP contribution in [0.3, 0.4) is 0 Å². The topological polar surface area (TPSA) is 95.9 Å². The maximum atomic E-state index is 12.4. The number of phenols is 1. The first-order chi connectivity index (χ1) is 18.0. The Kier molecular flexibility index (Phi) is 18.2. The second-order valence-corrected chi connectivity index (χ2v) is 9.34. The fraction of sp³-hybridized carbons (Fsp3) is 0.400. The van der Waals surface area contributed by atoms with Gasteiger partial charge in [0.15, 0.2) is 5.44 Å². The Hall–Kier alpha value is -3.03. The molecule has 1 unspecified atom stereocenters. The average Bonchev–Trinajstić information content (AvgIpc) is 2.88. The fourth-order valence-electron chi connectivity index (χ4n) is 3.16. The first-order valence-corrected chi connectivity index (χ1v) is 13.8. The van der Waals surface area contributed by atoms with Crippen LogP contribution in [0.4, 0.5) is 5.69 Å². The lowest BCUT2D eigenvalue weighted by atomic mass is 10.2. The van der Waals surface area contributed by atoms with Crippen LogP contribution >= 0.6 is 11.8 Å². The summed E-state index contributed by atoms with van der Waals surface area (Å²) in [6.45, 7) is 2.14. The van der Waals surface area contributed by atoms with Crippen LogP contribution in [-0.4, -0.2) is 40.4 Å². The van der Waals surface area contributed by atoms with E-state index < -0.39 is 11.4 Å². The van der Waals surface area contributed by atoms with E-state index in [1.54, 1.807) is 0 Å². The van der Waals surface area contributed by atoms with Crippen LogP contribution in [0.25, 0.3) is 0 Å². The quantitative estimate of drug-likeness (QED) is 0.0740. The summed E-state index contributed by atoms with van der Waals surface area (Å²) in [5, 5.41) is 21.3. The third-order valence-electron chi connectivity index (χ3n) is 5.11. The normalized spacial score (nSPS) is 13.0. The van der Waals surface area contributed by atoms with Crippen molar-refractivity contribution in [2.45, 2.75) is 63.7 Å². The highest BCUT2D eigenvalue weighted by atomic mass is 32.2. The fourth-order valence-corrected chi connectivity index (χ4v) is 4.09. The summed E-state index contributed by atoms with van der Waals surface area (Å²) in [5.74, 6) is -1.21. The van der Waals surface area contributed by atoms with Crippen molar-refractivity contribution < 1.29 is 24.5 Å². The van der Waals surface area contributed by atoms with Gasteiger partial charge in [-0.1, -0.05) is 67.7 Å². The minimum atomic E-state index is -1.27. The lowest BCUT2D eigenvalue weighted by Gasteiger charge is -2.15. The number of aromatic hydroxyl groups is 1.